The molecule has 0 atom stereocenters. The van der Waals surface area contributed by atoms with Crippen molar-refractivity contribution in [1.29, 1.82) is 0 Å². The number of carboxylic acids is 1. The van der Waals surface area contributed by atoms with Gasteiger partial charge in [0, 0.05) is 0 Å². The van der Waals surface area contributed by atoms with Crippen molar-refractivity contribution in [2.75, 3.05) is 13.2 Å². The molecule has 0 aliphatic heterocycles. The molecule has 0 saturated carbocycles. The van der Waals surface area contributed by atoms with Crippen molar-refractivity contribution in [3.63, 3.8) is 0 Å². The van der Waals surface area contributed by atoms with E-state index in [2.05, 4.69) is 5.16 Å². The molecule has 0 bridgehead atoms. The third kappa shape index (κ3) is 4.45. The van der Waals surface area contributed by atoms with E-state index in [1.807, 2.05) is 6.92 Å². The third-order valence-corrected chi connectivity index (χ3v) is 1.65. The Labute approximate surface area is 93.3 Å². The lowest BCUT2D eigenvalue weighted by atomic mass is 10.2. The Bertz CT molecular complexity index is 359. The molecular formula is C11H13NO4. The fraction of sp³-hybridized carbons (Fsp3) is 0.273. The van der Waals surface area contributed by atoms with Crippen molar-refractivity contribution < 1.29 is 19.5 Å². The summed E-state index contributed by atoms with van der Waals surface area (Å²) in [4.78, 5) is 15.1. The second kappa shape index (κ2) is 6.44. The maximum absolute atomic E-state index is 10.3. The average molecular weight is 223 g/mol. The van der Waals surface area contributed by atoms with Gasteiger partial charge in [0.2, 0.25) is 0 Å². The number of benzene rings is 1. The smallest absolute Gasteiger partial charge is 0.341 e. The number of rotatable bonds is 6. The van der Waals surface area contributed by atoms with E-state index in [-0.39, 0.29) is 6.61 Å². The highest BCUT2D eigenvalue weighted by Gasteiger charge is 1.98. The zero-order valence-electron chi connectivity index (χ0n) is 8.92. The van der Waals surface area contributed by atoms with Crippen molar-refractivity contribution in [2.24, 2.45) is 5.16 Å². The number of oxime groups is 1. The lowest BCUT2D eigenvalue weighted by Gasteiger charge is -2.02. The first-order chi connectivity index (χ1) is 7.72. The first-order valence-corrected chi connectivity index (χ1v) is 4.82. The molecule has 0 aliphatic rings. The average Bonchev–Trinajstić information content (AvgIpc) is 2.28. The molecule has 86 valence electrons. The molecule has 0 spiro atoms. The van der Waals surface area contributed by atoms with Crippen molar-refractivity contribution in [1.82, 2.24) is 0 Å². The molecule has 0 aliphatic carbocycles. The minimum atomic E-state index is -0.998. The van der Waals surface area contributed by atoms with Gasteiger partial charge in [0.15, 0.2) is 6.61 Å². The topological polar surface area (TPSA) is 68.1 Å². The van der Waals surface area contributed by atoms with Crippen LogP contribution in [0, 0.1) is 0 Å². The Kier molecular flexibility index (Phi) is 4.85. The molecule has 0 amide bonds. The standard InChI is InChI=1S/C11H13NO4/c1-2-16-12-7-9-3-5-10(6-4-9)15-8-11(13)14/h3-7H,2,8H2,1H3,(H,13,14)/b12-7+. The van der Waals surface area contributed by atoms with Gasteiger partial charge in [0.05, 0.1) is 6.21 Å². The number of hydrogen-bond acceptors (Lipinski definition) is 4. The normalized spacial score (nSPS) is 10.3. The largest absolute Gasteiger partial charge is 0.482 e. The number of aliphatic carboxylic acids is 1. The fourth-order valence-corrected chi connectivity index (χ4v) is 0.968. The van der Waals surface area contributed by atoms with Gasteiger partial charge in [0.25, 0.3) is 0 Å². The van der Waals surface area contributed by atoms with Gasteiger partial charge in [-0.3, -0.25) is 0 Å². The molecule has 5 heteroatoms. The molecule has 0 fully saturated rings. The Balaban J connectivity index is 2.50. The van der Waals surface area contributed by atoms with Gasteiger partial charge in [0.1, 0.15) is 12.4 Å². The summed E-state index contributed by atoms with van der Waals surface area (Å²) >= 11 is 0. The van der Waals surface area contributed by atoms with Crippen LogP contribution in [0.25, 0.3) is 0 Å². The molecule has 0 unspecified atom stereocenters. The van der Waals surface area contributed by atoms with E-state index in [1.165, 1.54) is 0 Å². The predicted octanol–water partition coefficient (Wildman–Crippen LogP) is 1.52. The molecule has 0 heterocycles. The quantitative estimate of drug-likeness (QED) is 0.586. The Hall–Kier alpha value is -2.04. The molecular weight excluding hydrogens is 210 g/mol. The summed E-state index contributed by atoms with van der Waals surface area (Å²) in [5, 5.41) is 12.1. The zero-order chi connectivity index (χ0) is 11.8. The minimum Gasteiger partial charge on any atom is -0.482 e. The van der Waals surface area contributed by atoms with Gasteiger partial charge in [-0.05, 0) is 36.8 Å². The lowest BCUT2D eigenvalue weighted by molar-refractivity contribution is -0.139. The summed E-state index contributed by atoms with van der Waals surface area (Å²) in [6.45, 7) is 2.03. The highest BCUT2D eigenvalue weighted by Crippen LogP contribution is 2.10. The molecule has 0 saturated heterocycles. The van der Waals surface area contributed by atoms with Crippen molar-refractivity contribution in [2.45, 2.75) is 6.92 Å². The van der Waals surface area contributed by atoms with Crippen LogP contribution in [-0.4, -0.2) is 30.5 Å². The van der Waals surface area contributed by atoms with Crippen molar-refractivity contribution >= 4 is 12.2 Å². The third-order valence-electron chi connectivity index (χ3n) is 1.65. The molecule has 16 heavy (non-hydrogen) atoms. The number of nitrogens with zero attached hydrogens (tertiary/aromatic N) is 1. The van der Waals surface area contributed by atoms with Crippen LogP contribution in [0.15, 0.2) is 29.4 Å². The monoisotopic (exact) mass is 223 g/mol. The minimum absolute atomic E-state index is 0.341. The van der Waals surface area contributed by atoms with Crippen LogP contribution >= 0.6 is 0 Å². The van der Waals surface area contributed by atoms with Crippen molar-refractivity contribution in [3.8, 4) is 5.75 Å². The van der Waals surface area contributed by atoms with Crippen LogP contribution in [0.4, 0.5) is 0 Å². The van der Waals surface area contributed by atoms with E-state index < -0.39 is 5.97 Å². The molecule has 1 aromatic rings. The summed E-state index contributed by atoms with van der Waals surface area (Å²) in [6.07, 6.45) is 1.57. The summed E-state index contributed by atoms with van der Waals surface area (Å²) in [5.41, 5.74) is 0.858. The molecule has 0 aromatic heterocycles. The molecule has 5 nitrogen and oxygen atoms in total. The Morgan fingerprint density at radius 1 is 1.44 bits per heavy atom. The van der Waals surface area contributed by atoms with E-state index in [4.69, 9.17) is 14.7 Å². The first kappa shape index (κ1) is 12.0. The van der Waals surface area contributed by atoms with Crippen molar-refractivity contribution in [3.05, 3.63) is 29.8 Å². The van der Waals surface area contributed by atoms with Crippen LogP contribution in [0.5, 0.6) is 5.75 Å². The van der Waals surface area contributed by atoms with Crippen LogP contribution in [0.3, 0.4) is 0 Å². The van der Waals surface area contributed by atoms with E-state index in [0.717, 1.165) is 5.56 Å². The molecule has 1 rings (SSSR count). The Morgan fingerprint density at radius 2 is 2.12 bits per heavy atom. The van der Waals surface area contributed by atoms with Crippen LogP contribution in [-0.2, 0) is 9.63 Å². The number of carboxylic acid groups (broad SMARTS) is 1. The summed E-state index contributed by atoms with van der Waals surface area (Å²) in [6, 6.07) is 6.88. The number of hydrogen-bond donors (Lipinski definition) is 1. The van der Waals surface area contributed by atoms with Crippen LogP contribution in [0.1, 0.15) is 12.5 Å². The van der Waals surface area contributed by atoms with Gasteiger partial charge >= 0.3 is 5.97 Å². The Morgan fingerprint density at radius 3 is 2.69 bits per heavy atom. The lowest BCUT2D eigenvalue weighted by Crippen LogP contribution is -2.09. The second-order valence-electron chi connectivity index (χ2n) is 2.90. The molecule has 1 aromatic carbocycles. The van der Waals surface area contributed by atoms with Crippen LogP contribution in [0.2, 0.25) is 0 Å². The number of ether oxygens (including phenoxy) is 1. The van der Waals surface area contributed by atoms with Crippen LogP contribution < -0.4 is 4.74 Å². The van der Waals surface area contributed by atoms with Gasteiger partial charge in [-0.25, -0.2) is 4.79 Å². The van der Waals surface area contributed by atoms with Gasteiger partial charge in [-0.2, -0.15) is 0 Å². The number of carbonyl (C=O) groups is 1. The van der Waals surface area contributed by atoms with Gasteiger partial charge in [-0.15, -0.1) is 0 Å². The van der Waals surface area contributed by atoms with Gasteiger partial charge < -0.3 is 14.7 Å². The van der Waals surface area contributed by atoms with E-state index in [1.54, 1.807) is 30.5 Å². The summed E-state index contributed by atoms with van der Waals surface area (Å²) in [5.74, 6) is -0.488. The van der Waals surface area contributed by atoms with Gasteiger partial charge in [-0.1, -0.05) is 5.16 Å². The molecule has 0 radical (unpaired) electrons. The predicted molar refractivity (Wildman–Crippen MR) is 58.8 cm³/mol. The maximum Gasteiger partial charge on any atom is 0.341 e. The fourth-order valence-electron chi connectivity index (χ4n) is 0.968. The highest BCUT2D eigenvalue weighted by molar-refractivity contribution is 5.79. The maximum atomic E-state index is 10.3. The first-order valence-electron chi connectivity index (χ1n) is 4.82. The van der Waals surface area contributed by atoms with E-state index in [9.17, 15) is 4.79 Å². The molecule has 1 N–H and O–H groups in total. The summed E-state index contributed by atoms with van der Waals surface area (Å²) in [7, 11) is 0. The highest BCUT2D eigenvalue weighted by atomic mass is 16.6. The zero-order valence-corrected chi connectivity index (χ0v) is 8.92. The second-order valence-corrected chi connectivity index (χ2v) is 2.90. The van der Waals surface area contributed by atoms with E-state index >= 15 is 0 Å². The van der Waals surface area contributed by atoms with E-state index in [0.29, 0.717) is 12.4 Å². The summed E-state index contributed by atoms with van der Waals surface area (Å²) < 4.78 is 4.97. The SMILES string of the molecule is CCO/N=C/c1ccc(OCC(=O)O)cc1.